The summed E-state index contributed by atoms with van der Waals surface area (Å²) >= 11 is 0. The lowest BCUT2D eigenvalue weighted by atomic mass is 10.0. The Morgan fingerprint density at radius 2 is 1.48 bits per heavy atom. The van der Waals surface area contributed by atoms with Crippen LogP contribution in [-0.4, -0.2) is 35.6 Å². The van der Waals surface area contributed by atoms with Crippen molar-refractivity contribution in [1.29, 1.82) is 0 Å². The number of hydrogen-bond acceptors (Lipinski definition) is 4. The first-order valence-corrected chi connectivity index (χ1v) is 7.19. The van der Waals surface area contributed by atoms with Crippen molar-refractivity contribution in [3.8, 4) is 5.75 Å². The van der Waals surface area contributed by atoms with Crippen LogP contribution in [0.15, 0.2) is 48.5 Å². The number of ketones is 1. The first-order chi connectivity index (χ1) is 11.0. The first-order valence-electron chi connectivity index (χ1n) is 7.19. The molecule has 1 atom stereocenters. The Hall–Kier alpha value is -2.95. The molecule has 2 aromatic rings. The number of ether oxygens (including phenoxy) is 1. The molecule has 0 radical (unpaired) electrons. The number of nitrogens with zero attached hydrogens (tertiary/aromatic N) is 1. The summed E-state index contributed by atoms with van der Waals surface area (Å²) in [6.45, 7) is 1.56. The maximum absolute atomic E-state index is 12.6. The Bertz CT molecular complexity index is 760. The van der Waals surface area contributed by atoms with Crippen molar-refractivity contribution in [1.82, 2.24) is 4.90 Å². The number of fused-ring (bicyclic) bond motifs is 1. The van der Waals surface area contributed by atoms with Crippen LogP contribution in [-0.2, 0) is 0 Å². The molecule has 5 heteroatoms. The monoisotopic (exact) mass is 309 g/mol. The second kappa shape index (κ2) is 5.68. The Balaban J connectivity index is 1.88. The lowest BCUT2D eigenvalue weighted by Crippen LogP contribution is -2.42. The minimum atomic E-state index is -0.865. The average Bonchev–Trinajstić information content (AvgIpc) is 2.85. The third-order valence-electron chi connectivity index (χ3n) is 3.97. The number of rotatable bonds is 4. The molecule has 2 aromatic carbocycles. The van der Waals surface area contributed by atoms with Crippen LogP contribution in [0.2, 0.25) is 0 Å². The molecule has 0 saturated heterocycles. The van der Waals surface area contributed by atoms with Gasteiger partial charge in [-0.05, 0) is 43.3 Å². The van der Waals surface area contributed by atoms with E-state index in [9.17, 15) is 14.4 Å². The van der Waals surface area contributed by atoms with Gasteiger partial charge in [-0.25, -0.2) is 0 Å². The molecule has 1 aliphatic heterocycles. The normalized spacial score (nSPS) is 14.6. The standard InChI is InChI=1S/C18H15NO4/c1-11(16(20)12-7-9-13(23-2)10-8-12)19-17(21)14-5-3-4-6-15(14)18(19)22/h3-11H,1-2H3. The van der Waals surface area contributed by atoms with Gasteiger partial charge in [0.25, 0.3) is 11.8 Å². The maximum Gasteiger partial charge on any atom is 0.262 e. The van der Waals surface area contributed by atoms with E-state index in [0.29, 0.717) is 22.4 Å². The highest BCUT2D eigenvalue weighted by Gasteiger charge is 2.40. The molecule has 1 heterocycles. The summed E-state index contributed by atoms with van der Waals surface area (Å²) in [7, 11) is 1.54. The summed E-state index contributed by atoms with van der Waals surface area (Å²) in [5.41, 5.74) is 1.11. The molecular formula is C18H15NO4. The van der Waals surface area contributed by atoms with Crippen molar-refractivity contribution in [3.63, 3.8) is 0 Å². The van der Waals surface area contributed by atoms with Crippen molar-refractivity contribution in [2.75, 3.05) is 7.11 Å². The molecule has 0 fully saturated rings. The lowest BCUT2D eigenvalue weighted by molar-refractivity contribution is 0.0555. The Kier molecular flexibility index (Phi) is 3.70. The minimum Gasteiger partial charge on any atom is -0.497 e. The van der Waals surface area contributed by atoms with Gasteiger partial charge in [-0.3, -0.25) is 19.3 Å². The number of methoxy groups -OCH3 is 1. The second-order valence-corrected chi connectivity index (χ2v) is 5.29. The van der Waals surface area contributed by atoms with Crippen LogP contribution in [0, 0.1) is 0 Å². The third kappa shape index (κ3) is 2.40. The van der Waals surface area contributed by atoms with Crippen LogP contribution in [0.5, 0.6) is 5.75 Å². The summed E-state index contributed by atoms with van der Waals surface area (Å²) in [5, 5.41) is 0. The summed E-state index contributed by atoms with van der Waals surface area (Å²) in [6.07, 6.45) is 0. The van der Waals surface area contributed by atoms with Crippen LogP contribution >= 0.6 is 0 Å². The van der Waals surface area contributed by atoms with E-state index >= 15 is 0 Å². The molecule has 116 valence electrons. The number of benzene rings is 2. The molecular weight excluding hydrogens is 294 g/mol. The molecule has 0 spiro atoms. The number of hydrogen-bond donors (Lipinski definition) is 0. The van der Waals surface area contributed by atoms with Gasteiger partial charge in [0.2, 0.25) is 0 Å². The summed E-state index contributed by atoms with van der Waals surface area (Å²) < 4.78 is 5.06. The predicted octanol–water partition coefficient (Wildman–Crippen LogP) is 2.56. The topological polar surface area (TPSA) is 63.7 Å². The van der Waals surface area contributed by atoms with Gasteiger partial charge in [0, 0.05) is 5.56 Å². The summed E-state index contributed by atoms with van der Waals surface area (Å²) in [6, 6.07) is 12.3. The van der Waals surface area contributed by atoms with Gasteiger partial charge < -0.3 is 4.74 Å². The number of carbonyl (C=O) groups is 3. The molecule has 1 unspecified atom stereocenters. The van der Waals surface area contributed by atoms with E-state index in [1.165, 1.54) is 7.11 Å². The lowest BCUT2D eigenvalue weighted by Gasteiger charge is -2.21. The zero-order valence-corrected chi connectivity index (χ0v) is 12.8. The van der Waals surface area contributed by atoms with Crippen molar-refractivity contribution in [3.05, 3.63) is 65.2 Å². The highest BCUT2D eigenvalue weighted by atomic mass is 16.5. The molecule has 5 nitrogen and oxygen atoms in total. The van der Waals surface area contributed by atoms with Crippen molar-refractivity contribution < 1.29 is 19.1 Å². The summed E-state index contributed by atoms with van der Waals surface area (Å²) in [5.74, 6) is -0.517. The van der Waals surface area contributed by atoms with E-state index in [1.807, 2.05) is 0 Å². The molecule has 0 bridgehead atoms. The molecule has 0 N–H and O–H groups in total. The molecule has 0 aromatic heterocycles. The van der Waals surface area contributed by atoms with Crippen molar-refractivity contribution in [2.45, 2.75) is 13.0 Å². The molecule has 3 rings (SSSR count). The van der Waals surface area contributed by atoms with Gasteiger partial charge in [0.15, 0.2) is 5.78 Å². The Morgan fingerprint density at radius 3 is 1.96 bits per heavy atom. The van der Waals surface area contributed by atoms with E-state index in [2.05, 4.69) is 0 Å². The fourth-order valence-electron chi connectivity index (χ4n) is 2.67. The number of amides is 2. The van der Waals surface area contributed by atoms with Crippen LogP contribution < -0.4 is 4.74 Å². The molecule has 0 aliphatic carbocycles. The van der Waals surface area contributed by atoms with Gasteiger partial charge >= 0.3 is 0 Å². The number of imide groups is 1. The van der Waals surface area contributed by atoms with Gasteiger partial charge in [-0.1, -0.05) is 12.1 Å². The number of carbonyl (C=O) groups excluding carboxylic acids is 3. The predicted molar refractivity (Wildman–Crippen MR) is 83.7 cm³/mol. The zero-order chi connectivity index (χ0) is 16.6. The van der Waals surface area contributed by atoms with Crippen molar-refractivity contribution >= 4 is 17.6 Å². The van der Waals surface area contributed by atoms with Gasteiger partial charge in [-0.15, -0.1) is 0 Å². The summed E-state index contributed by atoms with van der Waals surface area (Å²) in [4.78, 5) is 38.4. The van der Waals surface area contributed by atoms with Crippen LogP contribution in [0.4, 0.5) is 0 Å². The third-order valence-corrected chi connectivity index (χ3v) is 3.97. The minimum absolute atomic E-state index is 0.290. The zero-order valence-electron chi connectivity index (χ0n) is 12.8. The Labute approximate surface area is 133 Å². The Morgan fingerprint density at radius 1 is 0.957 bits per heavy atom. The van der Waals surface area contributed by atoms with Crippen LogP contribution in [0.3, 0.4) is 0 Å². The second-order valence-electron chi connectivity index (χ2n) is 5.29. The van der Waals surface area contributed by atoms with E-state index in [1.54, 1.807) is 55.5 Å². The molecule has 23 heavy (non-hydrogen) atoms. The van der Waals surface area contributed by atoms with Gasteiger partial charge in [-0.2, -0.15) is 0 Å². The highest BCUT2D eigenvalue weighted by molar-refractivity contribution is 6.23. The maximum atomic E-state index is 12.6. The van der Waals surface area contributed by atoms with E-state index in [-0.39, 0.29) is 5.78 Å². The first kappa shape index (κ1) is 15.0. The smallest absolute Gasteiger partial charge is 0.262 e. The van der Waals surface area contributed by atoms with Gasteiger partial charge in [0.05, 0.1) is 18.2 Å². The van der Waals surface area contributed by atoms with Gasteiger partial charge in [0.1, 0.15) is 11.8 Å². The van der Waals surface area contributed by atoms with E-state index < -0.39 is 17.9 Å². The highest BCUT2D eigenvalue weighted by Crippen LogP contribution is 2.26. The van der Waals surface area contributed by atoms with E-state index in [0.717, 1.165) is 4.90 Å². The van der Waals surface area contributed by atoms with Crippen LogP contribution in [0.25, 0.3) is 0 Å². The quantitative estimate of drug-likeness (QED) is 0.643. The fourth-order valence-corrected chi connectivity index (χ4v) is 2.67. The number of Topliss-reactive ketones (excluding diaryl/α,β-unsaturated/α-hetero) is 1. The van der Waals surface area contributed by atoms with Crippen LogP contribution in [0.1, 0.15) is 38.0 Å². The fraction of sp³-hybridized carbons (Fsp3) is 0.167. The molecule has 0 saturated carbocycles. The molecule has 2 amide bonds. The van der Waals surface area contributed by atoms with E-state index in [4.69, 9.17) is 4.74 Å². The largest absolute Gasteiger partial charge is 0.497 e. The molecule has 1 aliphatic rings. The van der Waals surface area contributed by atoms with Crippen molar-refractivity contribution in [2.24, 2.45) is 0 Å². The average molecular weight is 309 g/mol. The SMILES string of the molecule is COc1ccc(C(=O)C(C)N2C(=O)c3ccccc3C2=O)cc1.